The zero-order chi connectivity index (χ0) is 7.68. The zero-order valence-corrected chi connectivity index (χ0v) is 7.55. The highest BCUT2D eigenvalue weighted by atomic mass is 15.2. The molecule has 11 heavy (non-hydrogen) atoms. The minimum Gasteiger partial charge on any atom is -0.300 e. The largest absolute Gasteiger partial charge is 0.300 e. The molecule has 0 amide bonds. The molecule has 2 aliphatic rings. The van der Waals surface area contributed by atoms with Crippen LogP contribution in [0, 0.1) is 0 Å². The molecule has 0 saturated carbocycles. The average molecular weight is 153 g/mol. The normalized spacial score (nSPS) is 40.1. The first-order valence-corrected chi connectivity index (χ1v) is 5.10. The summed E-state index contributed by atoms with van der Waals surface area (Å²) in [5.74, 6) is 0. The Morgan fingerprint density at radius 1 is 0.818 bits per heavy atom. The number of rotatable bonds is 0. The van der Waals surface area contributed by atoms with Crippen molar-refractivity contribution in [2.75, 3.05) is 7.05 Å². The van der Waals surface area contributed by atoms with Crippen LogP contribution in [0.1, 0.15) is 44.9 Å². The summed E-state index contributed by atoms with van der Waals surface area (Å²) in [5.41, 5.74) is 0. The van der Waals surface area contributed by atoms with Crippen molar-refractivity contribution in [3.63, 3.8) is 0 Å². The molecule has 0 aromatic rings. The average Bonchev–Trinajstić information content (AvgIpc) is 2.17. The Morgan fingerprint density at radius 3 is 1.82 bits per heavy atom. The minimum absolute atomic E-state index is 0.941. The summed E-state index contributed by atoms with van der Waals surface area (Å²) in [4.78, 5) is 2.65. The van der Waals surface area contributed by atoms with Gasteiger partial charge in [0, 0.05) is 12.1 Å². The van der Waals surface area contributed by atoms with Crippen molar-refractivity contribution in [1.29, 1.82) is 0 Å². The van der Waals surface area contributed by atoms with Crippen LogP contribution in [0.3, 0.4) is 0 Å². The summed E-state index contributed by atoms with van der Waals surface area (Å²) < 4.78 is 0. The van der Waals surface area contributed by atoms with Gasteiger partial charge in [0.1, 0.15) is 0 Å². The summed E-state index contributed by atoms with van der Waals surface area (Å²) >= 11 is 0. The van der Waals surface area contributed by atoms with Gasteiger partial charge in [-0.2, -0.15) is 0 Å². The van der Waals surface area contributed by atoms with Gasteiger partial charge in [0.05, 0.1) is 0 Å². The van der Waals surface area contributed by atoms with Crippen molar-refractivity contribution in [3.05, 3.63) is 0 Å². The summed E-state index contributed by atoms with van der Waals surface area (Å²) in [5, 5.41) is 0. The highest BCUT2D eigenvalue weighted by Crippen LogP contribution is 2.30. The molecule has 0 aliphatic carbocycles. The molecule has 1 nitrogen and oxygen atoms in total. The molecule has 0 aromatic carbocycles. The third kappa shape index (κ3) is 1.44. The number of hydrogen-bond acceptors (Lipinski definition) is 1. The molecule has 2 atom stereocenters. The molecule has 0 N–H and O–H groups in total. The van der Waals surface area contributed by atoms with E-state index in [0.717, 1.165) is 12.1 Å². The van der Waals surface area contributed by atoms with Gasteiger partial charge >= 0.3 is 0 Å². The van der Waals surface area contributed by atoms with Crippen LogP contribution in [0.2, 0.25) is 0 Å². The Labute approximate surface area is 69.8 Å². The van der Waals surface area contributed by atoms with Crippen LogP contribution < -0.4 is 0 Å². The third-order valence-corrected chi connectivity index (χ3v) is 3.55. The number of hydrogen-bond donors (Lipinski definition) is 0. The minimum atomic E-state index is 0.941. The van der Waals surface area contributed by atoms with Crippen LogP contribution >= 0.6 is 0 Å². The number of piperidine rings is 1. The monoisotopic (exact) mass is 153 g/mol. The molecule has 64 valence electrons. The molecule has 2 rings (SSSR count). The lowest BCUT2D eigenvalue weighted by atomic mass is 9.95. The standard InChI is InChI=1S/C10H19N/c1-11-9-5-2-3-6-10(11)8-4-7-9/h9-10H,2-8H2,1H3. The Morgan fingerprint density at radius 2 is 1.27 bits per heavy atom. The number of fused-ring (bicyclic) bond motifs is 2. The van der Waals surface area contributed by atoms with E-state index in [1.165, 1.54) is 44.9 Å². The molecular weight excluding hydrogens is 134 g/mol. The van der Waals surface area contributed by atoms with Gasteiger partial charge in [-0.3, -0.25) is 0 Å². The van der Waals surface area contributed by atoms with E-state index >= 15 is 0 Å². The van der Waals surface area contributed by atoms with Crippen molar-refractivity contribution in [1.82, 2.24) is 4.90 Å². The predicted molar refractivity (Wildman–Crippen MR) is 47.7 cm³/mol. The van der Waals surface area contributed by atoms with E-state index in [9.17, 15) is 0 Å². The van der Waals surface area contributed by atoms with E-state index in [1.807, 2.05) is 0 Å². The van der Waals surface area contributed by atoms with Gasteiger partial charge in [-0.05, 0) is 32.7 Å². The second kappa shape index (κ2) is 3.14. The van der Waals surface area contributed by atoms with Crippen LogP contribution in [-0.4, -0.2) is 24.0 Å². The molecule has 0 radical (unpaired) electrons. The van der Waals surface area contributed by atoms with E-state index in [0.29, 0.717) is 0 Å². The molecule has 0 spiro atoms. The Bertz CT molecular complexity index is 119. The summed E-state index contributed by atoms with van der Waals surface area (Å²) in [6.07, 6.45) is 10.3. The van der Waals surface area contributed by atoms with E-state index in [4.69, 9.17) is 0 Å². The van der Waals surface area contributed by atoms with Crippen molar-refractivity contribution in [3.8, 4) is 0 Å². The Hall–Kier alpha value is -0.0400. The third-order valence-electron chi connectivity index (χ3n) is 3.55. The maximum absolute atomic E-state index is 2.65. The molecule has 0 aromatic heterocycles. The van der Waals surface area contributed by atoms with Crippen LogP contribution in [-0.2, 0) is 0 Å². The van der Waals surface area contributed by atoms with E-state index in [2.05, 4.69) is 11.9 Å². The fraction of sp³-hybridized carbons (Fsp3) is 1.00. The summed E-state index contributed by atoms with van der Waals surface area (Å²) in [7, 11) is 2.33. The lowest BCUT2D eigenvalue weighted by Crippen LogP contribution is -2.42. The smallest absolute Gasteiger partial charge is 0.00951 e. The molecule has 2 heterocycles. The zero-order valence-electron chi connectivity index (χ0n) is 7.55. The Balaban J connectivity index is 2.06. The molecule has 2 bridgehead atoms. The first kappa shape index (κ1) is 7.60. The number of nitrogens with zero attached hydrogens (tertiary/aromatic N) is 1. The summed E-state index contributed by atoms with van der Waals surface area (Å²) in [6.45, 7) is 0. The van der Waals surface area contributed by atoms with Crippen LogP contribution in [0.4, 0.5) is 0 Å². The lowest BCUT2D eigenvalue weighted by molar-refractivity contribution is 0.118. The van der Waals surface area contributed by atoms with Gasteiger partial charge in [0.2, 0.25) is 0 Å². The first-order chi connectivity index (χ1) is 5.38. The van der Waals surface area contributed by atoms with Gasteiger partial charge < -0.3 is 4.90 Å². The topological polar surface area (TPSA) is 3.24 Å². The fourth-order valence-corrected chi connectivity index (χ4v) is 2.75. The van der Waals surface area contributed by atoms with E-state index < -0.39 is 0 Å². The van der Waals surface area contributed by atoms with Crippen LogP contribution in [0.25, 0.3) is 0 Å². The van der Waals surface area contributed by atoms with Crippen molar-refractivity contribution < 1.29 is 0 Å². The van der Waals surface area contributed by atoms with Crippen LogP contribution in [0.15, 0.2) is 0 Å². The molecule has 1 heteroatoms. The molecule has 2 fully saturated rings. The molecular formula is C10H19N. The first-order valence-electron chi connectivity index (χ1n) is 5.10. The second-order valence-electron chi connectivity index (χ2n) is 4.19. The molecule has 2 saturated heterocycles. The second-order valence-corrected chi connectivity index (χ2v) is 4.19. The van der Waals surface area contributed by atoms with Gasteiger partial charge in [0.15, 0.2) is 0 Å². The van der Waals surface area contributed by atoms with Gasteiger partial charge in [-0.15, -0.1) is 0 Å². The predicted octanol–water partition coefficient (Wildman–Crippen LogP) is 2.41. The molecule has 2 unspecified atom stereocenters. The lowest BCUT2D eigenvalue weighted by Gasteiger charge is -2.37. The van der Waals surface area contributed by atoms with Crippen molar-refractivity contribution in [2.24, 2.45) is 0 Å². The van der Waals surface area contributed by atoms with Crippen molar-refractivity contribution in [2.45, 2.75) is 57.0 Å². The van der Waals surface area contributed by atoms with Gasteiger partial charge in [0.25, 0.3) is 0 Å². The fourth-order valence-electron chi connectivity index (χ4n) is 2.75. The maximum atomic E-state index is 2.65. The van der Waals surface area contributed by atoms with Crippen molar-refractivity contribution >= 4 is 0 Å². The Kier molecular flexibility index (Phi) is 2.17. The highest BCUT2D eigenvalue weighted by Gasteiger charge is 2.28. The van der Waals surface area contributed by atoms with Gasteiger partial charge in [-0.25, -0.2) is 0 Å². The highest BCUT2D eigenvalue weighted by molar-refractivity contribution is 4.84. The van der Waals surface area contributed by atoms with Gasteiger partial charge in [-0.1, -0.05) is 19.3 Å². The van der Waals surface area contributed by atoms with E-state index in [-0.39, 0.29) is 0 Å². The quantitative estimate of drug-likeness (QED) is 0.516. The van der Waals surface area contributed by atoms with Crippen LogP contribution in [0.5, 0.6) is 0 Å². The molecule has 2 aliphatic heterocycles. The maximum Gasteiger partial charge on any atom is 0.00951 e. The summed E-state index contributed by atoms with van der Waals surface area (Å²) in [6, 6.07) is 1.88. The van der Waals surface area contributed by atoms with E-state index in [1.54, 1.807) is 0 Å². The SMILES string of the molecule is CN1C2CCCCC1CCC2.